The van der Waals surface area contributed by atoms with Gasteiger partial charge >= 0.3 is 0 Å². The van der Waals surface area contributed by atoms with E-state index in [1.807, 2.05) is 10.9 Å². The fourth-order valence-corrected chi connectivity index (χ4v) is 4.93. The topological polar surface area (TPSA) is 64.9 Å². The smallest absolute Gasteiger partial charge is 0.165 e. The number of anilines is 1. The first-order valence-electron chi connectivity index (χ1n) is 10.8. The van der Waals surface area contributed by atoms with Crippen LogP contribution in [0.4, 0.5) is 5.82 Å². The second-order valence-electron chi connectivity index (χ2n) is 8.74. The SMILES string of the molecule is Cc1ccc(C)c(CC2(Nc3ncnc4c3cnn4C3CCCO3)CCCC2)c1. The molecule has 6 nitrogen and oxygen atoms in total. The van der Waals surface area contributed by atoms with Crippen LogP contribution in [-0.4, -0.2) is 31.9 Å². The summed E-state index contributed by atoms with van der Waals surface area (Å²) in [4.78, 5) is 9.14. The van der Waals surface area contributed by atoms with Gasteiger partial charge in [-0.1, -0.05) is 36.6 Å². The maximum absolute atomic E-state index is 5.82. The van der Waals surface area contributed by atoms with Gasteiger partial charge in [0.25, 0.3) is 0 Å². The summed E-state index contributed by atoms with van der Waals surface area (Å²) >= 11 is 0. The summed E-state index contributed by atoms with van der Waals surface area (Å²) in [6.45, 7) is 5.18. The minimum absolute atomic E-state index is 0.00867. The molecule has 3 heterocycles. The zero-order valence-electron chi connectivity index (χ0n) is 17.3. The van der Waals surface area contributed by atoms with Gasteiger partial charge in [-0.05, 0) is 57.1 Å². The molecule has 6 heteroatoms. The highest BCUT2D eigenvalue weighted by Crippen LogP contribution is 2.38. The average molecular weight is 392 g/mol. The number of nitrogens with one attached hydrogen (secondary N) is 1. The van der Waals surface area contributed by atoms with E-state index >= 15 is 0 Å². The Bertz CT molecular complexity index is 1020. The molecule has 0 amide bonds. The monoisotopic (exact) mass is 391 g/mol. The molecule has 29 heavy (non-hydrogen) atoms. The van der Waals surface area contributed by atoms with E-state index in [1.54, 1.807) is 6.33 Å². The molecule has 2 aliphatic rings. The lowest BCUT2D eigenvalue weighted by molar-refractivity contribution is 0.0499. The lowest BCUT2D eigenvalue weighted by atomic mass is 9.86. The zero-order chi connectivity index (χ0) is 19.8. The van der Waals surface area contributed by atoms with E-state index in [0.29, 0.717) is 0 Å². The Hall–Kier alpha value is -2.47. The van der Waals surface area contributed by atoms with Crippen molar-refractivity contribution in [2.45, 2.75) is 70.6 Å². The van der Waals surface area contributed by atoms with Gasteiger partial charge in [-0.15, -0.1) is 0 Å². The molecule has 0 radical (unpaired) electrons. The predicted molar refractivity (Wildman–Crippen MR) is 114 cm³/mol. The molecule has 1 aromatic carbocycles. The third kappa shape index (κ3) is 3.50. The number of rotatable bonds is 5. The first-order chi connectivity index (χ1) is 14.1. The number of hydrogen-bond acceptors (Lipinski definition) is 5. The molecule has 5 rings (SSSR count). The Morgan fingerprint density at radius 1 is 1.17 bits per heavy atom. The van der Waals surface area contributed by atoms with Crippen LogP contribution in [0.3, 0.4) is 0 Å². The maximum Gasteiger partial charge on any atom is 0.165 e. The molecule has 1 aliphatic carbocycles. The van der Waals surface area contributed by atoms with Gasteiger partial charge in [0, 0.05) is 12.1 Å². The Morgan fingerprint density at radius 3 is 2.83 bits per heavy atom. The molecule has 2 aromatic heterocycles. The van der Waals surface area contributed by atoms with Gasteiger partial charge in [0.1, 0.15) is 12.1 Å². The van der Waals surface area contributed by atoms with Crippen LogP contribution in [0.5, 0.6) is 0 Å². The van der Waals surface area contributed by atoms with Crippen molar-refractivity contribution < 1.29 is 4.74 Å². The van der Waals surface area contributed by atoms with Crippen molar-refractivity contribution in [2.75, 3.05) is 11.9 Å². The molecule has 3 aromatic rings. The fraction of sp³-hybridized carbons (Fsp3) is 0.522. The van der Waals surface area contributed by atoms with E-state index in [4.69, 9.17) is 4.74 Å². The Balaban J connectivity index is 1.48. The van der Waals surface area contributed by atoms with Crippen LogP contribution in [0.15, 0.2) is 30.7 Å². The molecular formula is C23H29N5O. The van der Waals surface area contributed by atoms with Crippen molar-refractivity contribution >= 4 is 16.9 Å². The zero-order valence-corrected chi connectivity index (χ0v) is 17.3. The quantitative estimate of drug-likeness (QED) is 0.682. The number of benzene rings is 1. The van der Waals surface area contributed by atoms with Crippen molar-refractivity contribution in [3.8, 4) is 0 Å². The number of nitrogens with zero attached hydrogens (tertiary/aromatic N) is 4. The number of fused-ring (bicyclic) bond motifs is 1. The Labute approximate surface area is 171 Å². The van der Waals surface area contributed by atoms with E-state index in [0.717, 1.165) is 55.6 Å². The molecule has 1 atom stereocenters. The van der Waals surface area contributed by atoms with Gasteiger partial charge in [0.05, 0.1) is 11.6 Å². The second-order valence-corrected chi connectivity index (χ2v) is 8.74. The number of hydrogen-bond donors (Lipinski definition) is 1. The molecule has 1 unspecified atom stereocenters. The summed E-state index contributed by atoms with van der Waals surface area (Å²) in [6, 6.07) is 6.77. The summed E-state index contributed by atoms with van der Waals surface area (Å²) < 4.78 is 7.74. The standard InChI is InChI=1S/C23H29N5O/c1-16-7-8-17(2)18(12-16)13-23(9-3-4-10-23)27-21-19-14-26-28(20-6-5-11-29-20)22(19)25-15-24-21/h7-8,12,14-15,20H,3-6,9-11,13H2,1-2H3,(H,24,25,27). The van der Waals surface area contributed by atoms with Crippen LogP contribution in [0.1, 0.15) is 61.4 Å². The minimum atomic E-state index is -0.00867. The third-order valence-corrected chi connectivity index (χ3v) is 6.55. The van der Waals surface area contributed by atoms with Crippen molar-refractivity contribution in [2.24, 2.45) is 0 Å². The highest BCUT2D eigenvalue weighted by atomic mass is 16.5. The van der Waals surface area contributed by atoms with E-state index < -0.39 is 0 Å². The summed E-state index contributed by atoms with van der Waals surface area (Å²) in [6.07, 6.45) is 11.4. The van der Waals surface area contributed by atoms with Gasteiger partial charge in [-0.3, -0.25) is 0 Å². The summed E-state index contributed by atoms with van der Waals surface area (Å²) in [5.41, 5.74) is 5.00. The van der Waals surface area contributed by atoms with E-state index in [1.165, 1.54) is 29.5 Å². The summed E-state index contributed by atoms with van der Waals surface area (Å²) in [5, 5.41) is 9.43. The van der Waals surface area contributed by atoms with Crippen LogP contribution in [0.2, 0.25) is 0 Å². The highest BCUT2D eigenvalue weighted by molar-refractivity contribution is 5.86. The molecule has 2 fully saturated rings. The van der Waals surface area contributed by atoms with E-state index in [-0.39, 0.29) is 11.8 Å². The molecule has 0 bridgehead atoms. The third-order valence-electron chi connectivity index (χ3n) is 6.55. The predicted octanol–water partition coefficient (Wildman–Crippen LogP) is 4.72. The molecular weight excluding hydrogens is 362 g/mol. The second kappa shape index (κ2) is 7.41. The lowest BCUT2D eigenvalue weighted by Crippen LogP contribution is -2.38. The van der Waals surface area contributed by atoms with Crippen molar-refractivity contribution in [3.05, 3.63) is 47.4 Å². The Morgan fingerprint density at radius 2 is 2.03 bits per heavy atom. The van der Waals surface area contributed by atoms with E-state index in [2.05, 4.69) is 52.4 Å². The van der Waals surface area contributed by atoms with Gasteiger partial charge in [-0.2, -0.15) is 5.10 Å². The molecule has 152 valence electrons. The normalized spacial score (nSPS) is 21.1. The minimum Gasteiger partial charge on any atom is -0.364 e. The highest BCUT2D eigenvalue weighted by Gasteiger charge is 2.35. The maximum atomic E-state index is 5.82. The van der Waals surface area contributed by atoms with Crippen LogP contribution in [-0.2, 0) is 11.2 Å². The summed E-state index contributed by atoms with van der Waals surface area (Å²) in [7, 11) is 0. The number of aromatic nitrogens is 4. The summed E-state index contributed by atoms with van der Waals surface area (Å²) in [5.74, 6) is 0.895. The first-order valence-corrected chi connectivity index (χ1v) is 10.8. The van der Waals surface area contributed by atoms with Gasteiger partial charge in [0.15, 0.2) is 11.9 Å². The molecule has 1 saturated heterocycles. The first kappa shape index (κ1) is 18.6. The Kier molecular flexibility index (Phi) is 4.74. The van der Waals surface area contributed by atoms with Crippen molar-refractivity contribution in [1.82, 2.24) is 19.7 Å². The van der Waals surface area contributed by atoms with Crippen LogP contribution in [0, 0.1) is 13.8 Å². The van der Waals surface area contributed by atoms with Crippen molar-refractivity contribution in [1.29, 1.82) is 0 Å². The molecule has 0 spiro atoms. The van der Waals surface area contributed by atoms with Gasteiger partial charge in [-0.25, -0.2) is 14.6 Å². The average Bonchev–Trinajstić information content (AvgIpc) is 3.45. The largest absolute Gasteiger partial charge is 0.364 e. The number of aryl methyl sites for hydroxylation is 2. The van der Waals surface area contributed by atoms with E-state index in [9.17, 15) is 0 Å². The molecule has 1 aliphatic heterocycles. The van der Waals surface area contributed by atoms with Gasteiger partial charge in [0.2, 0.25) is 0 Å². The molecule has 1 saturated carbocycles. The lowest BCUT2D eigenvalue weighted by Gasteiger charge is -2.32. The van der Waals surface area contributed by atoms with Crippen LogP contribution < -0.4 is 5.32 Å². The van der Waals surface area contributed by atoms with Crippen molar-refractivity contribution in [3.63, 3.8) is 0 Å². The van der Waals surface area contributed by atoms with Crippen LogP contribution >= 0.6 is 0 Å². The number of ether oxygens (including phenoxy) is 1. The van der Waals surface area contributed by atoms with Crippen LogP contribution in [0.25, 0.3) is 11.0 Å². The van der Waals surface area contributed by atoms with Gasteiger partial charge < -0.3 is 10.1 Å². The fourth-order valence-electron chi connectivity index (χ4n) is 4.93. The molecule has 1 N–H and O–H groups in total.